The first-order valence-electron chi connectivity index (χ1n) is 6.44. The van der Waals surface area contributed by atoms with Gasteiger partial charge < -0.3 is 4.74 Å². The topological polar surface area (TPSA) is 29.5 Å². The lowest BCUT2D eigenvalue weighted by Crippen LogP contribution is -2.32. The molecule has 1 saturated carbocycles. The Bertz CT molecular complexity index is 461. The first-order chi connectivity index (χ1) is 9.11. The van der Waals surface area contributed by atoms with Crippen LogP contribution in [0.4, 0.5) is 8.78 Å². The molecule has 104 valence electrons. The summed E-state index contributed by atoms with van der Waals surface area (Å²) in [5.41, 5.74) is 0.274. The SMILES string of the molecule is CCOC(=O)CN(Cc1cccc(F)c1F)C1CC1. The molecule has 3 nitrogen and oxygen atoms in total. The predicted molar refractivity (Wildman–Crippen MR) is 66.4 cm³/mol. The summed E-state index contributed by atoms with van der Waals surface area (Å²) < 4.78 is 31.7. The normalized spacial score (nSPS) is 14.7. The molecule has 1 aromatic carbocycles. The van der Waals surface area contributed by atoms with Gasteiger partial charge in [0, 0.05) is 18.2 Å². The molecule has 1 fully saturated rings. The molecule has 5 heteroatoms. The van der Waals surface area contributed by atoms with E-state index in [1.807, 2.05) is 4.90 Å². The monoisotopic (exact) mass is 269 g/mol. The van der Waals surface area contributed by atoms with Gasteiger partial charge in [-0.1, -0.05) is 12.1 Å². The van der Waals surface area contributed by atoms with Crippen LogP contribution in [0.5, 0.6) is 0 Å². The van der Waals surface area contributed by atoms with Gasteiger partial charge in [-0.25, -0.2) is 8.78 Å². The Morgan fingerprint density at radius 2 is 2.16 bits per heavy atom. The van der Waals surface area contributed by atoms with Crippen molar-refractivity contribution in [2.75, 3.05) is 13.2 Å². The highest BCUT2D eigenvalue weighted by Gasteiger charge is 2.31. The third-order valence-corrected chi connectivity index (χ3v) is 3.11. The second-order valence-corrected chi connectivity index (χ2v) is 4.65. The van der Waals surface area contributed by atoms with E-state index in [0.29, 0.717) is 6.61 Å². The minimum Gasteiger partial charge on any atom is -0.465 e. The Kier molecular flexibility index (Phi) is 4.47. The van der Waals surface area contributed by atoms with E-state index in [0.717, 1.165) is 18.9 Å². The number of nitrogens with zero attached hydrogens (tertiary/aromatic N) is 1. The third kappa shape index (κ3) is 3.73. The second-order valence-electron chi connectivity index (χ2n) is 4.65. The average molecular weight is 269 g/mol. The predicted octanol–water partition coefficient (Wildman–Crippen LogP) is 2.49. The van der Waals surface area contributed by atoms with Crippen LogP contribution in [-0.2, 0) is 16.1 Å². The number of carbonyl (C=O) groups excluding carboxylic acids is 1. The van der Waals surface area contributed by atoms with Crippen molar-refractivity contribution >= 4 is 5.97 Å². The van der Waals surface area contributed by atoms with Crippen molar-refractivity contribution in [3.8, 4) is 0 Å². The smallest absolute Gasteiger partial charge is 0.320 e. The third-order valence-electron chi connectivity index (χ3n) is 3.11. The summed E-state index contributed by atoms with van der Waals surface area (Å²) in [4.78, 5) is 13.3. The lowest BCUT2D eigenvalue weighted by atomic mass is 10.2. The fourth-order valence-corrected chi connectivity index (χ4v) is 2.02. The van der Waals surface area contributed by atoms with Gasteiger partial charge in [-0.2, -0.15) is 0 Å². The number of halogens is 2. The van der Waals surface area contributed by atoms with Gasteiger partial charge in [0.05, 0.1) is 13.2 Å². The van der Waals surface area contributed by atoms with Crippen molar-refractivity contribution < 1.29 is 18.3 Å². The van der Waals surface area contributed by atoms with E-state index in [9.17, 15) is 13.6 Å². The summed E-state index contributed by atoms with van der Waals surface area (Å²) in [5.74, 6) is -2.02. The molecule has 2 rings (SSSR count). The molecule has 0 N–H and O–H groups in total. The van der Waals surface area contributed by atoms with Gasteiger partial charge in [0.1, 0.15) is 0 Å². The Morgan fingerprint density at radius 1 is 1.42 bits per heavy atom. The molecular formula is C14H17F2NO2. The minimum atomic E-state index is -0.857. The summed E-state index contributed by atoms with van der Waals surface area (Å²) >= 11 is 0. The van der Waals surface area contributed by atoms with Crippen molar-refractivity contribution in [2.45, 2.75) is 32.4 Å². The van der Waals surface area contributed by atoms with E-state index in [-0.39, 0.29) is 30.7 Å². The van der Waals surface area contributed by atoms with Gasteiger partial charge in [0.2, 0.25) is 0 Å². The Labute approximate surface area is 111 Å². The first-order valence-corrected chi connectivity index (χ1v) is 6.44. The molecule has 0 aromatic heterocycles. The molecular weight excluding hydrogens is 252 g/mol. The zero-order valence-corrected chi connectivity index (χ0v) is 10.9. The Balaban J connectivity index is 2.04. The van der Waals surface area contributed by atoms with Gasteiger partial charge in [-0.3, -0.25) is 9.69 Å². The highest BCUT2D eigenvalue weighted by Crippen LogP contribution is 2.28. The molecule has 0 bridgehead atoms. The number of benzene rings is 1. The molecule has 1 aliphatic rings. The number of ether oxygens (including phenoxy) is 1. The van der Waals surface area contributed by atoms with Crippen LogP contribution in [-0.4, -0.2) is 30.1 Å². The minimum absolute atomic E-state index is 0.120. The van der Waals surface area contributed by atoms with Crippen LogP contribution < -0.4 is 0 Å². The highest BCUT2D eigenvalue weighted by molar-refractivity contribution is 5.71. The largest absolute Gasteiger partial charge is 0.465 e. The number of esters is 1. The fraction of sp³-hybridized carbons (Fsp3) is 0.500. The molecule has 19 heavy (non-hydrogen) atoms. The standard InChI is InChI=1S/C14H17F2NO2/c1-2-19-13(18)9-17(11-6-7-11)8-10-4-3-5-12(15)14(10)16/h3-5,11H,2,6-9H2,1H3. The van der Waals surface area contributed by atoms with Gasteiger partial charge >= 0.3 is 5.97 Å². The van der Waals surface area contributed by atoms with Crippen molar-refractivity contribution in [1.29, 1.82) is 0 Å². The number of rotatable bonds is 6. The zero-order valence-electron chi connectivity index (χ0n) is 10.9. The van der Waals surface area contributed by atoms with E-state index >= 15 is 0 Å². The molecule has 1 aromatic rings. The van der Waals surface area contributed by atoms with E-state index in [2.05, 4.69) is 0 Å². The molecule has 0 aliphatic heterocycles. The molecule has 0 atom stereocenters. The maximum Gasteiger partial charge on any atom is 0.320 e. The molecule has 0 unspecified atom stereocenters. The molecule has 1 aliphatic carbocycles. The van der Waals surface area contributed by atoms with Crippen LogP contribution >= 0.6 is 0 Å². The van der Waals surface area contributed by atoms with Crippen LogP contribution in [0.25, 0.3) is 0 Å². The highest BCUT2D eigenvalue weighted by atomic mass is 19.2. The second kappa shape index (κ2) is 6.10. The number of hydrogen-bond donors (Lipinski definition) is 0. The molecule has 0 amide bonds. The lowest BCUT2D eigenvalue weighted by Gasteiger charge is -2.21. The summed E-state index contributed by atoms with van der Waals surface area (Å²) in [5, 5.41) is 0. The molecule has 0 radical (unpaired) electrons. The Hall–Kier alpha value is -1.49. The summed E-state index contributed by atoms with van der Waals surface area (Å²) in [6.45, 7) is 2.42. The van der Waals surface area contributed by atoms with Crippen LogP contribution in [0.3, 0.4) is 0 Å². The number of carbonyl (C=O) groups is 1. The van der Waals surface area contributed by atoms with Crippen molar-refractivity contribution in [3.63, 3.8) is 0 Å². The van der Waals surface area contributed by atoms with Gasteiger partial charge in [-0.05, 0) is 25.8 Å². The van der Waals surface area contributed by atoms with E-state index in [1.54, 1.807) is 13.0 Å². The van der Waals surface area contributed by atoms with Crippen LogP contribution in [0.15, 0.2) is 18.2 Å². The van der Waals surface area contributed by atoms with Gasteiger partial charge in [0.15, 0.2) is 11.6 Å². The Morgan fingerprint density at radius 3 is 2.79 bits per heavy atom. The van der Waals surface area contributed by atoms with Crippen LogP contribution in [0.2, 0.25) is 0 Å². The summed E-state index contributed by atoms with van der Waals surface area (Å²) in [6, 6.07) is 4.38. The zero-order chi connectivity index (χ0) is 13.8. The first kappa shape index (κ1) is 13.9. The molecule has 0 heterocycles. The summed E-state index contributed by atoms with van der Waals surface area (Å²) in [7, 11) is 0. The maximum atomic E-state index is 13.6. The lowest BCUT2D eigenvalue weighted by molar-refractivity contribution is -0.144. The molecule has 0 saturated heterocycles. The van der Waals surface area contributed by atoms with E-state index < -0.39 is 11.6 Å². The summed E-state index contributed by atoms with van der Waals surface area (Å²) in [6.07, 6.45) is 1.96. The van der Waals surface area contributed by atoms with E-state index in [1.165, 1.54) is 6.07 Å². The van der Waals surface area contributed by atoms with Crippen molar-refractivity contribution in [3.05, 3.63) is 35.4 Å². The van der Waals surface area contributed by atoms with Crippen molar-refractivity contribution in [2.24, 2.45) is 0 Å². The van der Waals surface area contributed by atoms with Gasteiger partial charge in [-0.15, -0.1) is 0 Å². The van der Waals surface area contributed by atoms with E-state index in [4.69, 9.17) is 4.74 Å². The van der Waals surface area contributed by atoms with Crippen LogP contribution in [0.1, 0.15) is 25.3 Å². The fourth-order valence-electron chi connectivity index (χ4n) is 2.02. The van der Waals surface area contributed by atoms with Crippen molar-refractivity contribution in [1.82, 2.24) is 4.90 Å². The maximum absolute atomic E-state index is 13.6. The van der Waals surface area contributed by atoms with Crippen LogP contribution in [0, 0.1) is 11.6 Å². The van der Waals surface area contributed by atoms with Gasteiger partial charge in [0.25, 0.3) is 0 Å². The average Bonchev–Trinajstić information content (AvgIpc) is 3.18. The number of hydrogen-bond acceptors (Lipinski definition) is 3. The quantitative estimate of drug-likeness (QED) is 0.743. The molecule has 0 spiro atoms.